The van der Waals surface area contributed by atoms with Gasteiger partial charge in [-0.25, -0.2) is 0 Å². The standard InChI is InChI=1S/C15H26N2O.ClH/c1-2-15(7-8-15)14(18)17-10-5-12(6-11-17)13-4-3-9-16-13;/h12-13,16H,2-11H2,1H3;1H. The van der Waals surface area contributed by atoms with Crippen LogP contribution >= 0.6 is 12.4 Å². The molecule has 0 radical (unpaired) electrons. The van der Waals surface area contributed by atoms with E-state index >= 15 is 0 Å². The SMILES string of the molecule is CCC1(C(=O)N2CCC(C3CCCN3)CC2)CC1.Cl. The Labute approximate surface area is 122 Å². The van der Waals surface area contributed by atoms with Crippen molar-refractivity contribution in [2.24, 2.45) is 11.3 Å². The van der Waals surface area contributed by atoms with Gasteiger partial charge in [0.2, 0.25) is 5.91 Å². The lowest BCUT2D eigenvalue weighted by atomic mass is 9.87. The molecule has 1 saturated carbocycles. The Morgan fingerprint density at radius 3 is 2.42 bits per heavy atom. The highest BCUT2D eigenvalue weighted by molar-refractivity contribution is 5.85. The largest absolute Gasteiger partial charge is 0.342 e. The van der Waals surface area contributed by atoms with Crippen molar-refractivity contribution in [3.63, 3.8) is 0 Å². The van der Waals surface area contributed by atoms with Crippen LogP contribution in [0, 0.1) is 11.3 Å². The molecule has 1 amide bonds. The normalized spacial score (nSPS) is 29.9. The number of hydrogen-bond donors (Lipinski definition) is 1. The van der Waals surface area contributed by atoms with E-state index in [9.17, 15) is 4.79 Å². The van der Waals surface area contributed by atoms with E-state index in [1.807, 2.05) is 0 Å². The van der Waals surface area contributed by atoms with Gasteiger partial charge in [-0.1, -0.05) is 6.92 Å². The monoisotopic (exact) mass is 286 g/mol. The number of amides is 1. The number of halogens is 1. The predicted octanol–water partition coefficient (Wildman–Crippen LogP) is 2.59. The molecule has 3 aliphatic rings. The van der Waals surface area contributed by atoms with Crippen LogP contribution in [0.25, 0.3) is 0 Å². The van der Waals surface area contributed by atoms with E-state index in [2.05, 4.69) is 17.1 Å². The van der Waals surface area contributed by atoms with Crippen molar-refractivity contribution in [3.8, 4) is 0 Å². The molecule has 3 fully saturated rings. The second-order valence-electron chi connectivity index (χ2n) is 6.47. The molecular weight excluding hydrogens is 260 g/mol. The molecule has 1 N–H and O–H groups in total. The third kappa shape index (κ3) is 2.92. The van der Waals surface area contributed by atoms with Crippen molar-refractivity contribution < 1.29 is 4.79 Å². The second kappa shape index (κ2) is 6.01. The molecule has 19 heavy (non-hydrogen) atoms. The van der Waals surface area contributed by atoms with Crippen molar-refractivity contribution in [3.05, 3.63) is 0 Å². The quantitative estimate of drug-likeness (QED) is 0.865. The Balaban J connectivity index is 0.00000133. The lowest BCUT2D eigenvalue weighted by Gasteiger charge is -2.36. The number of carbonyl (C=O) groups is 1. The number of rotatable bonds is 3. The van der Waals surface area contributed by atoms with Gasteiger partial charge in [-0.05, 0) is 57.4 Å². The van der Waals surface area contributed by atoms with E-state index < -0.39 is 0 Å². The van der Waals surface area contributed by atoms with Gasteiger partial charge in [0.15, 0.2) is 0 Å². The smallest absolute Gasteiger partial charge is 0.228 e. The summed E-state index contributed by atoms with van der Waals surface area (Å²) in [5.74, 6) is 1.27. The van der Waals surface area contributed by atoms with Crippen LogP contribution in [0.1, 0.15) is 51.9 Å². The summed E-state index contributed by atoms with van der Waals surface area (Å²) in [6.07, 6.45) is 8.40. The molecule has 4 heteroatoms. The Morgan fingerprint density at radius 2 is 1.95 bits per heavy atom. The molecule has 1 unspecified atom stereocenters. The third-order valence-electron chi connectivity index (χ3n) is 5.48. The van der Waals surface area contributed by atoms with Crippen LogP contribution in [0.15, 0.2) is 0 Å². The molecule has 0 aromatic carbocycles. The first-order chi connectivity index (χ1) is 8.75. The third-order valence-corrected chi connectivity index (χ3v) is 5.48. The fourth-order valence-corrected chi connectivity index (χ4v) is 3.82. The van der Waals surface area contributed by atoms with Crippen molar-refractivity contribution in [2.45, 2.75) is 57.9 Å². The van der Waals surface area contributed by atoms with Gasteiger partial charge in [0.1, 0.15) is 0 Å². The number of nitrogens with one attached hydrogen (secondary N) is 1. The molecule has 3 rings (SSSR count). The summed E-state index contributed by atoms with van der Waals surface area (Å²) in [6.45, 7) is 5.37. The second-order valence-corrected chi connectivity index (χ2v) is 6.47. The number of likely N-dealkylation sites (tertiary alicyclic amines) is 1. The zero-order chi connectivity index (χ0) is 12.6. The fraction of sp³-hybridized carbons (Fsp3) is 0.933. The molecule has 3 nitrogen and oxygen atoms in total. The molecule has 2 saturated heterocycles. The van der Waals surface area contributed by atoms with Gasteiger partial charge in [0.25, 0.3) is 0 Å². The van der Waals surface area contributed by atoms with Gasteiger partial charge in [-0.2, -0.15) is 0 Å². The average Bonchev–Trinajstić information content (AvgIpc) is 3.04. The maximum Gasteiger partial charge on any atom is 0.228 e. The highest BCUT2D eigenvalue weighted by Gasteiger charge is 2.50. The number of piperidine rings is 1. The molecule has 2 aliphatic heterocycles. The minimum atomic E-state index is 0. The van der Waals surface area contributed by atoms with Gasteiger partial charge < -0.3 is 10.2 Å². The van der Waals surface area contributed by atoms with Crippen LogP contribution in [0.3, 0.4) is 0 Å². The zero-order valence-corrected chi connectivity index (χ0v) is 12.8. The van der Waals surface area contributed by atoms with Crippen LogP contribution in [0.5, 0.6) is 0 Å². The molecule has 0 bridgehead atoms. The van der Waals surface area contributed by atoms with Crippen molar-refractivity contribution in [1.29, 1.82) is 0 Å². The summed E-state index contributed by atoms with van der Waals surface area (Å²) in [6, 6.07) is 0.739. The van der Waals surface area contributed by atoms with Gasteiger partial charge in [0, 0.05) is 24.5 Å². The topological polar surface area (TPSA) is 32.3 Å². The molecule has 0 aromatic heterocycles. The summed E-state index contributed by atoms with van der Waals surface area (Å²) >= 11 is 0. The van der Waals surface area contributed by atoms with Crippen LogP contribution in [-0.4, -0.2) is 36.5 Å². The van der Waals surface area contributed by atoms with E-state index in [1.54, 1.807) is 0 Å². The lowest BCUT2D eigenvalue weighted by molar-refractivity contribution is -0.138. The van der Waals surface area contributed by atoms with Crippen LogP contribution < -0.4 is 5.32 Å². The maximum atomic E-state index is 12.5. The van der Waals surface area contributed by atoms with Gasteiger partial charge in [0.05, 0.1) is 0 Å². The van der Waals surface area contributed by atoms with E-state index in [0.29, 0.717) is 5.91 Å². The molecule has 0 aromatic rings. The zero-order valence-electron chi connectivity index (χ0n) is 12.0. The summed E-state index contributed by atoms with van der Waals surface area (Å²) in [5, 5.41) is 3.62. The molecule has 2 heterocycles. The van der Waals surface area contributed by atoms with E-state index in [1.165, 1.54) is 32.2 Å². The predicted molar refractivity (Wildman–Crippen MR) is 79.5 cm³/mol. The van der Waals surface area contributed by atoms with Crippen molar-refractivity contribution in [1.82, 2.24) is 10.2 Å². The molecule has 1 aliphatic carbocycles. The molecule has 0 spiro atoms. The first-order valence-corrected chi connectivity index (χ1v) is 7.78. The van der Waals surface area contributed by atoms with Gasteiger partial charge in [-0.15, -0.1) is 12.4 Å². The lowest BCUT2D eigenvalue weighted by Crippen LogP contribution is -2.45. The fourth-order valence-electron chi connectivity index (χ4n) is 3.82. The van der Waals surface area contributed by atoms with Gasteiger partial charge in [-0.3, -0.25) is 4.79 Å². The Bertz CT molecular complexity index is 316. The Morgan fingerprint density at radius 1 is 1.26 bits per heavy atom. The van der Waals surface area contributed by atoms with Crippen LogP contribution in [0.2, 0.25) is 0 Å². The number of carbonyl (C=O) groups excluding carboxylic acids is 1. The summed E-state index contributed by atoms with van der Waals surface area (Å²) in [7, 11) is 0. The highest BCUT2D eigenvalue weighted by Crippen LogP contribution is 2.50. The first kappa shape index (κ1) is 15.1. The number of nitrogens with zero attached hydrogens (tertiary/aromatic N) is 1. The van der Waals surface area contributed by atoms with Crippen LogP contribution in [-0.2, 0) is 4.79 Å². The summed E-state index contributed by atoms with van der Waals surface area (Å²) in [5.41, 5.74) is 0.0679. The Kier molecular flexibility index (Phi) is 4.78. The van der Waals surface area contributed by atoms with Crippen LogP contribution in [0.4, 0.5) is 0 Å². The minimum Gasteiger partial charge on any atom is -0.342 e. The van der Waals surface area contributed by atoms with Gasteiger partial charge >= 0.3 is 0 Å². The summed E-state index contributed by atoms with van der Waals surface area (Å²) in [4.78, 5) is 14.6. The molecular formula is C15H27ClN2O. The van der Waals surface area contributed by atoms with E-state index in [-0.39, 0.29) is 17.8 Å². The Hall–Kier alpha value is -0.280. The highest BCUT2D eigenvalue weighted by atomic mass is 35.5. The minimum absolute atomic E-state index is 0. The average molecular weight is 287 g/mol. The molecule has 1 atom stereocenters. The number of hydrogen-bond acceptors (Lipinski definition) is 2. The first-order valence-electron chi connectivity index (χ1n) is 7.78. The summed E-state index contributed by atoms with van der Waals surface area (Å²) < 4.78 is 0. The van der Waals surface area contributed by atoms with Crippen molar-refractivity contribution >= 4 is 18.3 Å². The maximum absolute atomic E-state index is 12.5. The van der Waals surface area contributed by atoms with E-state index in [0.717, 1.165) is 44.3 Å². The van der Waals surface area contributed by atoms with E-state index in [4.69, 9.17) is 0 Å². The molecule has 110 valence electrons. The van der Waals surface area contributed by atoms with Crippen molar-refractivity contribution in [2.75, 3.05) is 19.6 Å².